The normalized spacial score (nSPS) is 17.3. The highest BCUT2D eigenvalue weighted by Crippen LogP contribution is 2.35. The smallest absolute Gasteiger partial charge is 0.234 e. The summed E-state index contributed by atoms with van der Waals surface area (Å²) in [7, 11) is 0. The van der Waals surface area contributed by atoms with E-state index in [1.54, 1.807) is 0 Å². The molecule has 3 heteroatoms. The number of hydrogen-bond acceptors (Lipinski definition) is 2. The van der Waals surface area contributed by atoms with Gasteiger partial charge in [-0.3, -0.25) is 4.79 Å². The molecule has 1 heterocycles. The van der Waals surface area contributed by atoms with Gasteiger partial charge in [0, 0.05) is 24.1 Å². The first kappa shape index (κ1) is 18.8. The Balaban J connectivity index is 1.56. The van der Waals surface area contributed by atoms with Crippen LogP contribution in [0.4, 0.5) is 0 Å². The first-order valence-electron chi connectivity index (χ1n) is 9.88. The van der Waals surface area contributed by atoms with Crippen molar-refractivity contribution in [3.8, 4) is 0 Å². The second kappa shape index (κ2) is 9.11. The average molecular weight is 388 g/mol. The van der Waals surface area contributed by atoms with E-state index in [9.17, 15) is 4.79 Å². The van der Waals surface area contributed by atoms with E-state index in [2.05, 4.69) is 59.5 Å². The maximum atomic E-state index is 13.6. The second-order valence-corrected chi connectivity index (χ2v) is 8.45. The lowest BCUT2D eigenvalue weighted by Gasteiger charge is -2.27. The molecular formula is C25H25NOS. The van der Waals surface area contributed by atoms with Gasteiger partial charge < -0.3 is 4.90 Å². The monoisotopic (exact) mass is 387 g/mol. The molecule has 2 nitrogen and oxygen atoms in total. The summed E-state index contributed by atoms with van der Waals surface area (Å²) in [6, 6.07) is 31.0. The molecule has 0 spiro atoms. The van der Waals surface area contributed by atoms with Crippen molar-refractivity contribution in [2.24, 2.45) is 0 Å². The van der Waals surface area contributed by atoms with Crippen LogP contribution in [0.25, 0.3) is 0 Å². The molecule has 1 aliphatic heterocycles. The molecule has 0 saturated carbocycles. The highest BCUT2D eigenvalue weighted by atomic mass is 32.2. The van der Waals surface area contributed by atoms with Crippen molar-refractivity contribution < 1.29 is 4.79 Å². The van der Waals surface area contributed by atoms with Crippen LogP contribution in [0, 0.1) is 0 Å². The molecule has 4 rings (SSSR count). The van der Waals surface area contributed by atoms with Crippen LogP contribution in [0.15, 0.2) is 91.0 Å². The molecule has 3 aromatic carbocycles. The summed E-state index contributed by atoms with van der Waals surface area (Å²) in [6.07, 6.45) is 0.997. The van der Waals surface area contributed by atoms with Crippen LogP contribution in [-0.4, -0.2) is 29.6 Å². The van der Waals surface area contributed by atoms with Gasteiger partial charge in [-0.15, -0.1) is 0 Å². The van der Waals surface area contributed by atoms with Crippen molar-refractivity contribution in [3.05, 3.63) is 108 Å². The molecular weight excluding hydrogens is 362 g/mol. The van der Waals surface area contributed by atoms with Gasteiger partial charge in [-0.2, -0.15) is 11.8 Å². The van der Waals surface area contributed by atoms with Crippen LogP contribution >= 0.6 is 11.8 Å². The summed E-state index contributed by atoms with van der Waals surface area (Å²) < 4.78 is 0. The van der Waals surface area contributed by atoms with E-state index in [-0.39, 0.29) is 11.8 Å². The summed E-state index contributed by atoms with van der Waals surface area (Å²) in [5.74, 6) is 0.953. The summed E-state index contributed by atoms with van der Waals surface area (Å²) in [4.78, 5) is 15.7. The van der Waals surface area contributed by atoms with Crippen molar-refractivity contribution >= 4 is 17.7 Å². The maximum absolute atomic E-state index is 13.6. The van der Waals surface area contributed by atoms with Gasteiger partial charge >= 0.3 is 0 Å². The third-order valence-electron chi connectivity index (χ3n) is 5.34. The third kappa shape index (κ3) is 4.31. The van der Waals surface area contributed by atoms with Gasteiger partial charge in [0.1, 0.15) is 0 Å². The van der Waals surface area contributed by atoms with E-state index in [4.69, 9.17) is 0 Å². The zero-order valence-corrected chi connectivity index (χ0v) is 16.7. The lowest BCUT2D eigenvalue weighted by Crippen LogP contribution is -2.37. The highest BCUT2D eigenvalue weighted by Gasteiger charge is 2.29. The van der Waals surface area contributed by atoms with Crippen LogP contribution in [-0.2, 0) is 4.79 Å². The number of amides is 1. The Labute approximate surface area is 171 Å². The molecule has 0 radical (unpaired) electrons. The number of thioether (sulfide) groups is 1. The Morgan fingerprint density at radius 3 is 1.89 bits per heavy atom. The molecule has 0 aliphatic carbocycles. The van der Waals surface area contributed by atoms with Crippen LogP contribution in [0.2, 0.25) is 0 Å². The second-order valence-electron chi connectivity index (χ2n) is 7.14. The van der Waals surface area contributed by atoms with Crippen LogP contribution in [0.5, 0.6) is 0 Å². The molecule has 28 heavy (non-hydrogen) atoms. The van der Waals surface area contributed by atoms with E-state index in [1.165, 1.54) is 5.56 Å². The lowest BCUT2D eigenvalue weighted by molar-refractivity contribution is -0.131. The van der Waals surface area contributed by atoms with Crippen molar-refractivity contribution in [2.75, 3.05) is 18.8 Å². The summed E-state index contributed by atoms with van der Waals surface area (Å²) in [5.41, 5.74) is 3.50. The maximum Gasteiger partial charge on any atom is 0.234 e. The fraction of sp³-hybridized carbons (Fsp3) is 0.240. The predicted molar refractivity (Wildman–Crippen MR) is 118 cm³/mol. The largest absolute Gasteiger partial charge is 0.341 e. The molecule has 142 valence electrons. The minimum atomic E-state index is -0.235. The zero-order valence-electron chi connectivity index (χ0n) is 15.9. The van der Waals surface area contributed by atoms with Gasteiger partial charge in [0.2, 0.25) is 5.91 Å². The molecule has 1 saturated heterocycles. The van der Waals surface area contributed by atoms with Crippen LogP contribution in [0.1, 0.15) is 34.3 Å². The summed E-state index contributed by atoms with van der Waals surface area (Å²) in [6.45, 7) is 1.62. The molecule has 0 N–H and O–H groups in total. The number of rotatable bonds is 4. The minimum absolute atomic E-state index is 0.215. The van der Waals surface area contributed by atoms with E-state index in [1.807, 2.05) is 48.2 Å². The fourth-order valence-electron chi connectivity index (χ4n) is 3.88. The average Bonchev–Trinajstić information content (AvgIpc) is 3.02. The highest BCUT2D eigenvalue weighted by molar-refractivity contribution is 7.99. The molecule has 1 fully saturated rings. The van der Waals surface area contributed by atoms with Crippen LogP contribution < -0.4 is 0 Å². The van der Waals surface area contributed by atoms with Gasteiger partial charge in [-0.25, -0.2) is 0 Å². The molecule has 1 atom stereocenters. The first-order valence-corrected chi connectivity index (χ1v) is 10.9. The molecule has 0 bridgehead atoms. The topological polar surface area (TPSA) is 20.3 Å². The van der Waals surface area contributed by atoms with E-state index in [0.717, 1.165) is 36.4 Å². The molecule has 1 amide bonds. The predicted octanol–water partition coefficient (Wildman–Crippen LogP) is 5.53. The number of hydrogen-bond donors (Lipinski definition) is 0. The summed E-state index contributed by atoms with van der Waals surface area (Å²) in [5, 5.41) is 0.464. The van der Waals surface area contributed by atoms with E-state index >= 15 is 0 Å². The van der Waals surface area contributed by atoms with Crippen LogP contribution in [0.3, 0.4) is 0 Å². The number of carbonyl (C=O) groups is 1. The summed E-state index contributed by atoms with van der Waals surface area (Å²) >= 11 is 1.97. The van der Waals surface area contributed by atoms with E-state index < -0.39 is 0 Å². The zero-order chi connectivity index (χ0) is 19.2. The Kier molecular flexibility index (Phi) is 6.13. The SMILES string of the molecule is O=C(C(c1ccccc1)c1ccccc1)N1CCSC(c2ccccc2)CC1. The third-order valence-corrected chi connectivity index (χ3v) is 6.67. The van der Waals surface area contributed by atoms with Crippen molar-refractivity contribution in [1.29, 1.82) is 0 Å². The quantitative estimate of drug-likeness (QED) is 0.587. The molecule has 0 aromatic heterocycles. The molecule has 1 aliphatic rings. The number of nitrogens with zero attached hydrogens (tertiary/aromatic N) is 1. The van der Waals surface area contributed by atoms with Crippen molar-refractivity contribution in [3.63, 3.8) is 0 Å². The van der Waals surface area contributed by atoms with Crippen molar-refractivity contribution in [2.45, 2.75) is 17.6 Å². The Bertz CT molecular complexity index is 843. The fourth-order valence-corrected chi connectivity index (χ4v) is 5.11. The first-order chi connectivity index (χ1) is 13.8. The Morgan fingerprint density at radius 1 is 0.786 bits per heavy atom. The van der Waals surface area contributed by atoms with Gasteiger partial charge in [-0.1, -0.05) is 91.0 Å². The minimum Gasteiger partial charge on any atom is -0.341 e. The molecule has 1 unspecified atom stereocenters. The van der Waals surface area contributed by atoms with Crippen molar-refractivity contribution in [1.82, 2.24) is 4.90 Å². The van der Waals surface area contributed by atoms with Gasteiger partial charge in [0.05, 0.1) is 5.92 Å². The Morgan fingerprint density at radius 2 is 1.32 bits per heavy atom. The molecule has 3 aromatic rings. The number of carbonyl (C=O) groups excluding carboxylic acids is 1. The Hall–Kier alpha value is -2.52. The van der Waals surface area contributed by atoms with E-state index in [0.29, 0.717) is 5.25 Å². The van der Waals surface area contributed by atoms with Gasteiger partial charge in [-0.05, 0) is 23.1 Å². The van der Waals surface area contributed by atoms with Gasteiger partial charge in [0.25, 0.3) is 0 Å². The standard InChI is InChI=1S/C25H25NOS/c27-25(24(21-12-6-2-7-13-21)22-14-8-3-9-15-22)26-17-16-23(28-19-18-26)20-10-4-1-5-11-20/h1-15,23-24H,16-19H2. The number of benzene rings is 3. The van der Waals surface area contributed by atoms with Gasteiger partial charge in [0.15, 0.2) is 0 Å². The lowest BCUT2D eigenvalue weighted by atomic mass is 9.90.